The Hall–Kier alpha value is -1.41. The molecule has 0 aromatic carbocycles. The zero-order valence-electron chi connectivity index (χ0n) is 9.23. The molecule has 96 valence electrons. The van der Waals surface area contributed by atoms with Crippen molar-refractivity contribution in [2.75, 3.05) is 13.1 Å². The molecule has 1 aromatic heterocycles. The fourth-order valence-electron chi connectivity index (χ4n) is 1.45. The second kappa shape index (κ2) is 5.49. The smallest absolute Gasteiger partial charge is 0.325 e. The molecule has 18 heavy (non-hydrogen) atoms. The van der Waals surface area contributed by atoms with Crippen molar-refractivity contribution in [2.24, 2.45) is 0 Å². The summed E-state index contributed by atoms with van der Waals surface area (Å²) in [6.45, 7) is 0.111. The zero-order valence-corrected chi connectivity index (χ0v) is 11.6. The highest BCUT2D eigenvalue weighted by atomic mass is 79.9. The van der Waals surface area contributed by atoms with Gasteiger partial charge in [0.05, 0.1) is 16.9 Å². The molecule has 1 aliphatic rings. The fraction of sp³-hybridized carbons (Fsp3) is 0.300. The first kappa shape index (κ1) is 13.0. The molecule has 8 heteroatoms. The van der Waals surface area contributed by atoms with E-state index in [-0.39, 0.29) is 24.9 Å². The molecule has 4 amide bonds. The Morgan fingerprint density at radius 3 is 2.83 bits per heavy atom. The molecule has 0 bridgehead atoms. The van der Waals surface area contributed by atoms with Crippen LogP contribution in [0.3, 0.4) is 0 Å². The van der Waals surface area contributed by atoms with E-state index in [4.69, 9.17) is 0 Å². The first-order chi connectivity index (χ1) is 8.56. The number of amides is 4. The van der Waals surface area contributed by atoms with E-state index in [9.17, 15) is 14.4 Å². The first-order valence-electron chi connectivity index (χ1n) is 5.15. The summed E-state index contributed by atoms with van der Waals surface area (Å²) >= 11 is 4.84. The third kappa shape index (κ3) is 3.08. The second-order valence-electron chi connectivity index (χ2n) is 3.62. The molecule has 0 saturated carbocycles. The summed E-state index contributed by atoms with van der Waals surface area (Å²) in [7, 11) is 0. The summed E-state index contributed by atoms with van der Waals surface area (Å²) in [5.41, 5.74) is 0. The van der Waals surface area contributed by atoms with E-state index in [0.29, 0.717) is 6.54 Å². The van der Waals surface area contributed by atoms with Crippen LogP contribution in [0.5, 0.6) is 0 Å². The van der Waals surface area contributed by atoms with Crippen LogP contribution in [-0.2, 0) is 16.1 Å². The SMILES string of the molecule is O=C(CN1C(=O)CNC1=O)NCc1ccc(Br)s1. The minimum absolute atomic E-state index is 0.0377. The summed E-state index contributed by atoms with van der Waals surface area (Å²) < 4.78 is 0.987. The third-order valence-electron chi connectivity index (χ3n) is 2.33. The topological polar surface area (TPSA) is 78.5 Å². The standard InChI is InChI=1S/C10H10BrN3O3S/c11-7-2-1-6(18-7)3-12-8(15)5-14-9(16)4-13-10(14)17/h1-2H,3-5H2,(H,12,15)(H,13,17). The highest BCUT2D eigenvalue weighted by Crippen LogP contribution is 2.21. The largest absolute Gasteiger partial charge is 0.350 e. The van der Waals surface area contributed by atoms with Gasteiger partial charge in [-0.25, -0.2) is 4.79 Å². The lowest BCUT2D eigenvalue weighted by Crippen LogP contribution is -2.40. The number of hydrogen-bond acceptors (Lipinski definition) is 4. The number of rotatable bonds is 4. The van der Waals surface area contributed by atoms with Crippen molar-refractivity contribution in [3.63, 3.8) is 0 Å². The first-order valence-corrected chi connectivity index (χ1v) is 6.76. The van der Waals surface area contributed by atoms with Crippen LogP contribution in [0.2, 0.25) is 0 Å². The minimum Gasteiger partial charge on any atom is -0.350 e. The number of thiophene rings is 1. The Labute approximate surface area is 115 Å². The zero-order chi connectivity index (χ0) is 13.1. The van der Waals surface area contributed by atoms with Gasteiger partial charge in [0.2, 0.25) is 5.91 Å². The fourth-order valence-corrected chi connectivity index (χ4v) is 2.87. The maximum atomic E-state index is 11.6. The predicted octanol–water partition coefficient (Wildman–Crippen LogP) is 0.679. The van der Waals surface area contributed by atoms with Gasteiger partial charge in [-0.2, -0.15) is 0 Å². The number of nitrogens with one attached hydrogen (secondary N) is 2. The Bertz CT molecular complexity index is 486. The molecule has 6 nitrogen and oxygen atoms in total. The number of carbonyl (C=O) groups is 3. The number of nitrogens with zero attached hydrogens (tertiary/aromatic N) is 1. The lowest BCUT2D eigenvalue weighted by Gasteiger charge is -2.11. The van der Waals surface area contributed by atoms with E-state index >= 15 is 0 Å². The van der Waals surface area contributed by atoms with Crippen LogP contribution < -0.4 is 10.6 Å². The van der Waals surface area contributed by atoms with Gasteiger partial charge in [0.15, 0.2) is 0 Å². The molecule has 2 rings (SSSR count). The van der Waals surface area contributed by atoms with E-state index in [2.05, 4.69) is 26.6 Å². The maximum absolute atomic E-state index is 11.6. The number of halogens is 1. The van der Waals surface area contributed by atoms with Crippen molar-refractivity contribution in [1.29, 1.82) is 0 Å². The second-order valence-corrected chi connectivity index (χ2v) is 6.17. The summed E-state index contributed by atoms with van der Waals surface area (Å²) in [5, 5.41) is 5.01. The van der Waals surface area contributed by atoms with Crippen LogP contribution in [0.15, 0.2) is 15.9 Å². The number of urea groups is 1. The lowest BCUT2D eigenvalue weighted by molar-refractivity contribution is -0.130. The summed E-state index contributed by atoms with van der Waals surface area (Å²) in [5.74, 6) is -0.737. The highest BCUT2D eigenvalue weighted by molar-refractivity contribution is 9.11. The van der Waals surface area contributed by atoms with E-state index < -0.39 is 6.03 Å². The Kier molecular flexibility index (Phi) is 3.97. The van der Waals surface area contributed by atoms with Gasteiger partial charge >= 0.3 is 6.03 Å². The highest BCUT2D eigenvalue weighted by Gasteiger charge is 2.29. The van der Waals surface area contributed by atoms with E-state index in [0.717, 1.165) is 13.6 Å². The Morgan fingerprint density at radius 1 is 1.50 bits per heavy atom. The molecular weight excluding hydrogens is 322 g/mol. The molecule has 2 heterocycles. The van der Waals surface area contributed by atoms with Gasteiger partial charge in [-0.05, 0) is 28.1 Å². The molecule has 0 spiro atoms. The molecule has 1 aromatic rings. The number of hydrogen-bond donors (Lipinski definition) is 2. The Balaban J connectivity index is 1.82. The third-order valence-corrected chi connectivity index (χ3v) is 3.95. The minimum atomic E-state index is -0.519. The molecule has 0 aliphatic carbocycles. The molecule has 2 N–H and O–H groups in total. The average molecular weight is 332 g/mol. The molecule has 0 unspecified atom stereocenters. The van der Waals surface area contributed by atoms with Gasteiger partial charge < -0.3 is 10.6 Å². The van der Waals surface area contributed by atoms with Crippen molar-refractivity contribution in [1.82, 2.24) is 15.5 Å². The van der Waals surface area contributed by atoms with Crippen LogP contribution in [0, 0.1) is 0 Å². The van der Waals surface area contributed by atoms with Crippen LogP contribution in [0.25, 0.3) is 0 Å². The maximum Gasteiger partial charge on any atom is 0.325 e. The quantitative estimate of drug-likeness (QED) is 0.796. The van der Waals surface area contributed by atoms with Gasteiger partial charge in [-0.1, -0.05) is 0 Å². The van der Waals surface area contributed by atoms with Crippen LogP contribution >= 0.6 is 27.3 Å². The van der Waals surface area contributed by atoms with Crippen LogP contribution in [-0.4, -0.2) is 35.8 Å². The molecule has 1 saturated heterocycles. The van der Waals surface area contributed by atoms with Gasteiger partial charge in [-0.15, -0.1) is 11.3 Å². The van der Waals surface area contributed by atoms with Crippen molar-refractivity contribution in [3.8, 4) is 0 Å². The van der Waals surface area contributed by atoms with Gasteiger partial charge in [0.1, 0.15) is 6.54 Å². The number of carbonyl (C=O) groups excluding carboxylic acids is 3. The summed E-state index contributed by atoms with van der Waals surface area (Å²) in [6, 6.07) is 3.26. The predicted molar refractivity (Wildman–Crippen MR) is 69.0 cm³/mol. The van der Waals surface area contributed by atoms with E-state index in [1.54, 1.807) is 0 Å². The van der Waals surface area contributed by atoms with Crippen molar-refractivity contribution in [3.05, 3.63) is 20.8 Å². The van der Waals surface area contributed by atoms with Crippen molar-refractivity contribution < 1.29 is 14.4 Å². The molecule has 1 fully saturated rings. The summed E-state index contributed by atoms with van der Waals surface area (Å²) in [4.78, 5) is 35.9. The Morgan fingerprint density at radius 2 is 2.28 bits per heavy atom. The average Bonchev–Trinajstić information content (AvgIpc) is 2.87. The molecule has 0 radical (unpaired) electrons. The van der Waals surface area contributed by atoms with E-state index in [1.165, 1.54) is 11.3 Å². The van der Waals surface area contributed by atoms with E-state index in [1.807, 2.05) is 12.1 Å². The normalized spacial score (nSPS) is 14.8. The van der Waals surface area contributed by atoms with Gasteiger partial charge in [0.25, 0.3) is 5.91 Å². The van der Waals surface area contributed by atoms with Gasteiger partial charge in [-0.3, -0.25) is 14.5 Å². The monoisotopic (exact) mass is 331 g/mol. The lowest BCUT2D eigenvalue weighted by atomic mass is 10.4. The molecular formula is C10H10BrN3O3S. The van der Waals surface area contributed by atoms with Crippen LogP contribution in [0.1, 0.15) is 4.88 Å². The van der Waals surface area contributed by atoms with Gasteiger partial charge in [0, 0.05) is 4.88 Å². The number of imide groups is 1. The summed E-state index contributed by atoms with van der Waals surface area (Å²) in [6.07, 6.45) is 0. The van der Waals surface area contributed by atoms with Crippen molar-refractivity contribution >= 4 is 45.1 Å². The molecule has 0 atom stereocenters. The van der Waals surface area contributed by atoms with Crippen LogP contribution in [0.4, 0.5) is 4.79 Å². The van der Waals surface area contributed by atoms with Crippen molar-refractivity contribution in [2.45, 2.75) is 6.54 Å². The molecule has 1 aliphatic heterocycles.